The zero-order chi connectivity index (χ0) is 4.83. The molecule has 0 saturated carbocycles. The van der Waals surface area contributed by atoms with Gasteiger partial charge >= 0.3 is 0 Å². The van der Waals surface area contributed by atoms with Gasteiger partial charge in [0.15, 0.2) is 0 Å². The number of nitrogens with zero attached hydrogens (tertiary/aromatic N) is 2. The van der Waals surface area contributed by atoms with Crippen molar-refractivity contribution in [2.45, 2.75) is 13.8 Å². The SMILES string of the molecule is C/C=N\N=C/C. The van der Waals surface area contributed by atoms with Gasteiger partial charge in [-0.05, 0) is 13.8 Å². The second kappa shape index (κ2) is 4.34. The van der Waals surface area contributed by atoms with Crippen LogP contribution in [-0.2, 0) is 0 Å². The number of rotatable bonds is 1. The smallest absolute Gasteiger partial charge is 0.0239 e. The van der Waals surface area contributed by atoms with Gasteiger partial charge in [0, 0.05) is 12.4 Å². The molecule has 0 rings (SSSR count). The third-order valence-electron chi connectivity index (χ3n) is 0.298. The molecule has 0 aliphatic rings. The van der Waals surface area contributed by atoms with Crippen LogP contribution in [0.4, 0.5) is 0 Å². The Morgan fingerprint density at radius 1 is 1.00 bits per heavy atom. The molecule has 0 spiro atoms. The Balaban J connectivity index is 3.07. The maximum atomic E-state index is 3.53. The van der Waals surface area contributed by atoms with E-state index >= 15 is 0 Å². The van der Waals surface area contributed by atoms with E-state index in [2.05, 4.69) is 10.2 Å². The Morgan fingerprint density at radius 2 is 1.33 bits per heavy atom. The molecule has 0 aliphatic heterocycles. The zero-order valence-corrected chi connectivity index (χ0v) is 4.05. The lowest BCUT2D eigenvalue weighted by atomic mass is 10.9. The van der Waals surface area contributed by atoms with Crippen LogP contribution in [0.1, 0.15) is 13.8 Å². The number of hydrogen-bond donors (Lipinski definition) is 0. The first kappa shape index (κ1) is 5.34. The highest BCUT2D eigenvalue weighted by atomic mass is 15.2. The van der Waals surface area contributed by atoms with Gasteiger partial charge in [-0.1, -0.05) is 0 Å². The monoisotopic (exact) mass is 84.1 g/mol. The Labute approximate surface area is 37.6 Å². The van der Waals surface area contributed by atoms with Crippen molar-refractivity contribution in [3.63, 3.8) is 0 Å². The Bertz CT molecular complexity index is 53.9. The summed E-state index contributed by atoms with van der Waals surface area (Å²) in [4.78, 5) is 0. The Kier molecular flexibility index (Phi) is 3.86. The van der Waals surface area contributed by atoms with Gasteiger partial charge in [0.25, 0.3) is 0 Å². The second-order valence-electron chi connectivity index (χ2n) is 0.747. The highest BCUT2D eigenvalue weighted by molar-refractivity contribution is 5.57. The molecule has 2 nitrogen and oxygen atoms in total. The van der Waals surface area contributed by atoms with Gasteiger partial charge in [0.05, 0.1) is 0 Å². The molecule has 0 amide bonds. The van der Waals surface area contributed by atoms with E-state index in [1.165, 1.54) is 0 Å². The molecular formula is C4H8N2. The van der Waals surface area contributed by atoms with E-state index in [9.17, 15) is 0 Å². The molecular weight excluding hydrogens is 76.1 g/mol. The summed E-state index contributed by atoms with van der Waals surface area (Å²) in [7, 11) is 0. The summed E-state index contributed by atoms with van der Waals surface area (Å²) >= 11 is 0. The fraction of sp³-hybridized carbons (Fsp3) is 0.500. The average Bonchev–Trinajstić information content (AvgIpc) is 1.61. The molecule has 0 heterocycles. The van der Waals surface area contributed by atoms with Crippen molar-refractivity contribution in [3.05, 3.63) is 0 Å². The minimum atomic E-state index is 1.64. The summed E-state index contributed by atoms with van der Waals surface area (Å²) in [6.45, 7) is 3.65. The van der Waals surface area contributed by atoms with Crippen molar-refractivity contribution >= 4 is 12.4 Å². The van der Waals surface area contributed by atoms with Crippen LogP contribution >= 0.6 is 0 Å². The lowest BCUT2D eigenvalue weighted by Gasteiger charge is -1.64. The van der Waals surface area contributed by atoms with Gasteiger partial charge < -0.3 is 0 Å². The van der Waals surface area contributed by atoms with Crippen molar-refractivity contribution in [1.82, 2.24) is 0 Å². The summed E-state index contributed by atoms with van der Waals surface area (Å²) in [5, 5.41) is 7.07. The minimum Gasteiger partial charge on any atom is -0.164 e. The fourth-order valence-electron chi connectivity index (χ4n) is 0.133. The van der Waals surface area contributed by atoms with Crippen LogP contribution in [0.2, 0.25) is 0 Å². The molecule has 34 valence electrons. The molecule has 0 atom stereocenters. The van der Waals surface area contributed by atoms with Crippen LogP contribution < -0.4 is 0 Å². The molecule has 0 aromatic heterocycles. The van der Waals surface area contributed by atoms with Gasteiger partial charge in [0.2, 0.25) is 0 Å². The van der Waals surface area contributed by atoms with E-state index in [4.69, 9.17) is 0 Å². The number of hydrogen-bond acceptors (Lipinski definition) is 2. The summed E-state index contributed by atoms with van der Waals surface area (Å²) in [6.07, 6.45) is 3.28. The van der Waals surface area contributed by atoms with E-state index in [-0.39, 0.29) is 0 Å². The van der Waals surface area contributed by atoms with E-state index < -0.39 is 0 Å². The molecule has 0 aliphatic carbocycles. The van der Waals surface area contributed by atoms with Crippen molar-refractivity contribution < 1.29 is 0 Å². The predicted molar refractivity (Wildman–Crippen MR) is 28.3 cm³/mol. The maximum Gasteiger partial charge on any atom is 0.0239 e. The lowest BCUT2D eigenvalue weighted by molar-refractivity contribution is 1.26. The first-order chi connectivity index (χ1) is 2.91. The summed E-state index contributed by atoms with van der Waals surface area (Å²) in [5.41, 5.74) is 0. The molecule has 0 unspecified atom stereocenters. The van der Waals surface area contributed by atoms with Gasteiger partial charge in [-0.3, -0.25) is 0 Å². The Hall–Kier alpha value is -0.660. The van der Waals surface area contributed by atoms with Crippen molar-refractivity contribution in [3.8, 4) is 0 Å². The van der Waals surface area contributed by atoms with Gasteiger partial charge in [-0.25, -0.2) is 0 Å². The Morgan fingerprint density at radius 3 is 1.50 bits per heavy atom. The first-order valence-electron chi connectivity index (χ1n) is 1.87. The predicted octanol–water partition coefficient (Wildman–Crippen LogP) is 1.08. The molecule has 0 aromatic rings. The van der Waals surface area contributed by atoms with Crippen molar-refractivity contribution in [1.29, 1.82) is 0 Å². The first-order valence-corrected chi connectivity index (χ1v) is 1.87. The third-order valence-corrected chi connectivity index (χ3v) is 0.298. The third kappa shape index (κ3) is 3.34. The topological polar surface area (TPSA) is 24.7 Å². The molecule has 0 N–H and O–H groups in total. The highest BCUT2D eigenvalue weighted by Gasteiger charge is 1.48. The molecule has 0 bridgehead atoms. The zero-order valence-electron chi connectivity index (χ0n) is 4.05. The van der Waals surface area contributed by atoms with E-state index in [1.54, 1.807) is 12.4 Å². The van der Waals surface area contributed by atoms with Crippen molar-refractivity contribution in [2.75, 3.05) is 0 Å². The van der Waals surface area contributed by atoms with Crippen LogP contribution in [0.15, 0.2) is 10.2 Å². The molecule has 0 aromatic carbocycles. The fourth-order valence-corrected chi connectivity index (χ4v) is 0.133. The molecule has 2 heteroatoms. The lowest BCUT2D eigenvalue weighted by Crippen LogP contribution is -1.55. The van der Waals surface area contributed by atoms with Crippen LogP contribution in [0.3, 0.4) is 0 Å². The molecule has 0 saturated heterocycles. The van der Waals surface area contributed by atoms with E-state index in [0.717, 1.165) is 0 Å². The normalized spacial score (nSPS) is 11.7. The van der Waals surface area contributed by atoms with Gasteiger partial charge in [0.1, 0.15) is 0 Å². The standard InChI is InChI=1S/C4H8N2/c1-3-5-6-4-2/h3-4H,1-2H3/b5-3-,6-4-. The molecule has 0 fully saturated rings. The van der Waals surface area contributed by atoms with Crippen LogP contribution in [0, 0.1) is 0 Å². The van der Waals surface area contributed by atoms with E-state index in [1.807, 2.05) is 13.8 Å². The summed E-state index contributed by atoms with van der Waals surface area (Å²) in [6, 6.07) is 0. The van der Waals surface area contributed by atoms with Gasteiger partial charge in [-0.2, -0.15) is 10.2 Å². The molecule has 6 heavy (non-hydrogen) atoms. The van der Waals surface area contributed by atoms with Crippen LogP contribution in [-0.4, -0.2) is 12.4 Å². The summed E-state index contributed by atoms with van der Waals surface area (Å²) in [5.74, 6) is 0. The minimum absolute atomic E-state index is 1.64. The van der Waals surface area contributed by atoms with E-state index in [0.29, 0.717) is 0 Å². The summed E-state index contributed by atoms with van der Waals surface area (Å²) < 4.78 is 0. The van der Waals surface area contributed by atoms with Crippen LogP contribution in [0.5, 0.6) is 0 Å². The quantitative estimate of drug-likeness (QED) is 0.335. The molecule has 0 radical (unpaired) electrons. The largest absolute Gasteiger partial charge is 0.164 e. The maximum absolute atomic E-state index is 3.53. The van der Waals surface area contributed by atoms with Crippen LogP contribution in [0.25, 0.3) is 0 Å². The van der Waals surface area contributed by atoms with Gasteiger partial charge in [-0.15, -0.1) is 0 Å². The van der Waals surface area contributed by atoms with Crippen molar-refractivity contribution in [2.24, 2.45) is 10.2 Å². The second-order valence-corrected chi connectivity index (χ2v) is 0.747. The highest BCUT2D eigenvalue weighted by Crippen LogP contribution is 1.60. The average molecular weight is 84.1 g/mol.